The van der Waals surface area contributed by atoms with Crippen LogP contribution in [0.4, 0.5) is 0 Å². The summed E-state index contributed by atoms with van der Waals surface area (Å²) in [6.07, 6.45) is 1.13. The molecule has 0 heterocycles. The van der Waals surface area contributed by atoms with Gasteiger partial charge in [-0.2, -0.15) is 0 Å². The van der Waals surface area contributed by atoms with Crippen molar-refractivity contribution in [1.82, 2.24) is 4.90 Å². The van der Waals surface area contributed by atoms with E-state index in [1.165, 1.54) is 29.2 Å². The molecule has 0 aromatic heterocycles. The summed E-state index contributed by atoms with van der Waals surface area (Å²) in [6.45, 7) is 0.316. The van der Waals surface area contributed by atoms with Crippen molar-refractivity contribution in [2.75, 3.05) is 20.4 Å². The van der Waals surface area contributed by atoms with E-state index in [0.29, 0.717) is 22.9 Å². The summed E-state index contributed by atoms with van der Waals surface area (Å²) in [4.78, 5) is 14.2. The second-order valence-corrected chi connectivity index (χ2v) is 7.87. The Morgan fingerprint density at radius 1 is 1.17 bits per heavy atom. The van der Waals surface area contributed by atoms with Crippen LogP contribution in [-0.4, -0.2) is 39.6 Å². The Morgan fingerprint density at radius 2 is 1.79 bits per heavy atom. The first kappa shape index (κ1) is 18.3. The van der Waals surface area contributed by atoms with Crippen LogP contribution in [0.3, 0.4) is 0 Å². The molecule has 128 valence electrons. The lowest BCUT2D eigenvalue weighted by Crippen LogP contribution is -2.26. The zero-order valence-electron chi connectivity index (χ0n) is 13.6. The summed E-state index contributed by atoms with van der Waals surface area (Å²) >= 11 is 6.00. The third-order valence-corrected chi connectivity index (χ3v) is 4.89. The fourth-order valence-corrected chi connectivity index (χ4v) is 3.09. The van der Waals surface area contributed by atoms with Gasteiger partial charge in [-0.15, -0.1) is 0 Å². The highest BCUT2D eigenvalue weighted by Gasteiger charge is 2.15. The van der Waals surface area contributed by atoms with Gasteiger partial charge in [0, 0.05) is 36.0 Å². The maximum atomic E-state index is 12.5. The Morgan fingerprint density at radius 3 is 2.33 bits per heavy atom. The molecule has 0 spiro atoms. The molecule has 0 N–H and O–H groups in total. The molecule has 0 atom stereocenters. The fourth-order valence-electron chi connectivity index (χ4n) is 2.26. The number of carbonyl (C=O) groups is 1. The van der Waals surface area contributed by atoms with E-state index < -0.39 is 9.84 Å². The van der Waals surface area contributed by atoms with E-state index >= 15 is 0 Å². The largest absolute Gasteiger partial charge is 0.496 e. The normalized spacial score (nSPS) is 11.2. The van der Waals surface area contributed by atoms with E-state index in [2.05, 4.69) is 0 Å². The zero-order chi connectivity index (χ0) is 17.9. The number of sulfone groups is 1. The van der Waals surface area contributed by atoms with E-state index in [4.69, 9.17) is 16.3 Å². The Balaban J connectivity index is 2.20. The molecular formula is C17H18ClNO4S. The molecule has 0 saturated carbocycles. The van der Waals surface area contributed by atoms with Crippen molar-refractivity contribution in [3.05, 3.63) is 58.6 Å². The molecule has 0 unspecified atom stereocenters. The van der Waals surface area contributed by atoms with Crippen molar-refractivity contribution in [1.29, 1.82) is 0 Å². The average Bonchev–Trinajstić information content (AvgIpc) is 2.53. The third-order valence-electron chi connectivity index (χ3n) is 3.53. The minimum absolute atomic E-state index is 0.179. The van der Waals surface area contributed by atoms with Gasteiger partial charge in [0.15, 0.2) is 9.84 Å². The van der Waals surface area contributed by atoms with Gasteiger partial charge in [-0.3, -0.25) is 4.79 Å². The number of ether oxygens (including phenoxy) is 1. The Labute approximate surface area is 146 Å². The lowest BCUT2D eigenvalue weighted by molar-refractivity contribution is 0.0784. The summed E-state index contributed by atoms with van der Waals surface area (Å²) in [7, 11) is -0.0700. The van der Waals surface area contributed by atoms with Crippen LogP contribution in [0.25, 0.3) is 0 Å². The molecule has 0 radical (unpaired) electrons. The van der Waals surface area contributed by atoms with Gasteiger partial charge >= 0.3 is 0 Å². The summed E-state index contributed by atoms with van der Waals surface area (Å²) < 4.78 is 28.2. The van der Waals surface area contributed by atoms with Crippen LogP contribution >= 0.6 is 11.6 Å². The quantitative estimate of drug-likeness (QED) is 0.814. The molecule has 0 fully saturated rings. The number of halogens is 1. The summed E-state index contributed by atoms with van der Waals surface area (Å²) in [5.41, 5.74) is 1.19. The van der Waals surface area contributed by atoms with Crippen molar-refractivity contribution in [3.8, 4) is 5.75 Å². The molecule has 7 heteroatoms. The van der Waals surface area contributed by atoms with E-state index in [1.54, 1.807) is 32.4 Å². The molecule has 0 aliphatic rings. The number of hydrogen-bond acceptors (Lipinski definition) is 4. The van der Waals surface area contributed by atoms with Crippen LogP contribution in [0.5, 0.6) is 5.75 Å². The lowest BCUT2D eigenvalue weighted by atomic mass is 10.1. The minimum atomic E-state index is -3.28. The molecule has 0 aliphatic carbocycles. The standard InChI is InChI=1S/C17H18ClNO4S/c1-19(11-13-10-14(18)6-9-16(13)23-2)17(20)12-4-7-15(8-5-12)24(3,21)22/h4-10H,11H2,1-3H3. The van der Waals surface area contributed by atoms with Crippen molar-refractivity contribution < 1.29 is 17.9 Å². The van der Waals surface area contributed by atoms with Gasteiger partial charge in [0.25, 0.3) is 5.91 Å². The number of amides is 1. The van der Waals surface area contributed by atoms with Gasteiger partial charge in [0.05, 0.1) is 12.0 Å². The molecule has 24 heavy (non-hydrogen) atoms. The first-order valence-electron chi connectivity index (χ1n) is 7.10. The number of benzene rings is 2. The van der Waals surface area contributed by atoms with Crippen LogP contribution in [0.1, 0.15) is 15.9 Å². The van der Waals surface area contributed by atoms with Gasteiger partial charge in [0.2, 0.25) is 0 Å². The Kier molecular flexibility index (Phi) is 5.51. The SMILES string of the molecule is COc1ccc(Cl)cc1CN(C)C(=O)c1ccc(S(C)(=O)=O)cc1. The van der Waals surface area contributed by atoms with Crippen molar-refractivity contribution in [2.24, 2.45) is 0 Å². The summed E-state index contributed by atoms with van der Waals surface area (Å²) in [5, 5.41) is 0.559. The number of nitrogens with zero attached hydrogens (tertiary/aromatic N) is 1. The van der Waals surface area contributed by atoms with Gasteiger partial charge in [0.1, 0.15) is 5.75 Å². The molecule has 1 amide bonds. The maximum absolute atomic E-state index is 12.5. The van der Waals surface area contributed by atoms with E-state index in [1.807, 2.05) is 0 Å². The predicted molar refractivity (Wildman–Crippen MR) is 93.4 cm³/mol. The Bertz CT molecular complexity index is 847. The van der Waals surface area contributed by atoms with E-state index in [0.717, 1.165) is 11.8 Å². The van der Waals surface area contributed by atoms with Crippen LogP contribution < -0.4 is 4.74 Å². The Hall–Kier alpha value is -2.05. The van der Waals surface area contributed by atoms with E-state index in [-0.39, 0.29) is 10.8 Å². The molecule has 2 rings (SSSR count). The molecular weight excluding hydrogens is 350 g/mol. The monoisotopic (exact) mass is 367 g/mol. The lowest BCUT2D eigenvalue weighted by Gasteiger charge is -2.19. The van der Waals surface area contributed by atoms with Crippen LogP contribution in [0, 0.1) is 0 Å². The zero-order valence-corrected chi connectivity index (χ0v) is 15.2. The topological polar surface area (TPSA) is 63.7 Å². The smallest absolute Gasteiger partial charge is 0.253 e. The van der Waals surface area contributed by atoms with Crippen molar-refractivity contribution in [3.63, 3.8) is 0 Å². The summed E-state index contributed by atoms with van der Waals surface area (Å²) in [6, 6.07) is 11.1. The first-order valence-corrected chi connectivity index (χ1v) is 9.37. The maximum Gasteiger partial charge on any atom is 0.253 e. The molecule has 2 aromatic rings. The highest BCUT2D eigenvalue weighted by atomic mass is 35.5. The second-order valence-electron chi connectivity index (χ2n) is 5.41. The first-order chi connectivity index (χ1) is 11.2. The fraction of sp³-hybridized carbons (Fsp3) is 0.235. The van der Waals surface area contributed by atoms with Gasteiger partial charge in [-0.25, -0.2) is 8.42 Å². The highest BCUT2D eigenvalue weighted by Crippen LogP contribution is 2.24. The van der Waals surface area contributed by atoms with Crippen molar-refractivity contribution in [2.45, 2.75) is 11.4 Å². The molecule has 0 saturated heterocycles. The van der Waals surface area contributed by atoms with E-state index in [9.17, 15) is 13.2 Å². The molecule has 0 bridgehead atoms. The number of rotatable bonds is 5. The van der Waals surface area contributed by atoms with Crippen LogP contribution in [-0.2, 0) is 16.4 Å². The minimum Gasteiger partial charge on any atom is -0.496 e. The van der Waals surface area contributed by atoms with Gasteiger partial charge < -0.3 is 9.64 Å². The average molecular weight is 368 g/mol. The highest BCUT2D eigenvalue weighted by molar-refractivity contribution is 7.90. The van der Waals surface area contributed by atoms with Crippen LogP contribution in [0.15, 0.2) is 47.4 Å². The van der Waals surface area contributed by atoms with Gasteiger partial charge in [-0.05, 0) is 42.5 Å². The molecule has 2 aromatic carbocycles. The number of hydrogen-bond donors (Lipinski definition) is 0. The molecule has 0 aliphatic heterocycles. The number of carbonyl (C=O) groups excluding carboxylic acids is 1. The van der Waals surface area contributed by atoms with Gasteiger partial charge in [-0.1, -0.05) is 11.6 Å². The third kappa shape index (κ3) is 4.27. The predicted octanol–water partition coefficient (Wildman–Crippen LogP) is 3.02. The van der Waals surface area contributed by atoms with Crippen LogP contribution in [0.2, 0.25) is 5.02 Å². The second kappa shape index (κ2) is 7.23. The van der Waals surface area contributed by atoms with Crippen molar-refractivity contribution >= 4 is 27.3 Å². The number of methoxy groups -OCH3 is 1. The molecule has 5 nitrogen and oxygen atoms in total. The summed E-state index contributed by atoms with van der Waals surface area (Å²) in [5.74, 6) is 0.420.